The van der Waals surface area contributed by atoms with Crippen LogP contribution in [0.1, 0.15) is 18.4 Å². The molecule has 6 nitrogen and oxygen atoms in total. The Morgan fingerprint density at radius 3 is 2.30 bits per heavy atom. The monoisotopic (exact) mass is 297 g/mol. The minimum atomic E-state index is -1.17. The summed E-state index contributed by atoms with van der Waals surface area (Å²) in [6, 6.07) is 8.67. The summed E-state index contributed by atoms with van der Waals surface area (Å²) in [5.74, 6) is -3.25. The lowest BCUT2D eigenvalue weighted by Gasteiger charge is -2.21. The van der Waals surface area contributed by atoms with Crippen molar-refractivity contribution in [2.75, 3.05) is 6.54 Å². The number of benzene rings is 1. The van der Waals surface area contributed by atoms with E-state index in [1.807, 2.05) is 0 Å². The Morgan fingerprint density at radius 2 is 1.80 bits per heavy atom. The van der Waals surface area contributed by atoms with Crippen molar-refractivity contribution >= 4 is 29.1 Å². The van der Waals surface area contributed by atoms with Crippen LogP contribution in [0.2, 0.25) is 0 Å². The van der Waals surface area contributed by atoms with Crippen molar-refractivity contribution in [3.63, 3.8) is 0 Å². The largest absolute Gasteiger partial charge is 0.481 e. The molecule has 0 amide bonds. The highest BCUT2D eigenvalue weighted by Crippen LogP contribution is 2.12. The van der Waals surface area contributed by atoms with Crippen molar-refractivity contribution in [3.05, 3.63) is 35.9 Å². The molecule has 0 aliphatic heterocycles. The second kappa shape index (κ2) is 7.56. The normalized spacial score (nSPS) is 11.7. The number of hydrogen-bond donors (Lipinski definition) is 3. The molecule has 1 aromatic rings. The van der Waals surface area contributed by atoms with Crippen molar-refractivity contribution in [1.82, 2.24) is 5.06 Å². The first-order chi connectivity index (χ1) is 9.41. The van der Waals surface area contributed by atoms with Gasteiger partial charge in [0.05, 0.1) is 12.5 Å². The Kier molecular flexibility index (Phi) is 6.08. The molecular weight excluding hydrogens is 282 g/mol. The number of hydroxylamine groups is 2. The van der Waals surface area contributed by atoms with Crippen LogP contribution in [0.25, 0.3) is 0 Å². The van der Waals surface area contributed by atoms with Crippen molar-refractivity contribution in [1.29, 1.82) is 0 Å². The van der Waals surface area contributed by atoms with Crippen LogP contribution in [-0.4, -0.2) is 44.0 Å². The number of aliphatic carboxylic acids is 2. The third-order valence-corrected chi connectivity index (χ3v) is 3.15. The zero-order chi connectivity index (χ0) is 15.1. The summed E-state index contributed by atoms with van der Waals surface area (Å²) in [6.07, 6.45) is -0.345. The van der Waals surface area contributed by atoms with Gasteiger partial charge in [0.15, 0.2) is 0 Å². The maximum Gasteiger partial charge on any atom is 0.308 e. The van der Waals surface area contributed by atoms with Gasteiger partial charge >= 0.3 is 11.9 Å². The van der Waals surface area contributed by atoms with Crippen LogP contribution in [0.4, 0.5) is 0 Å². The average Bonchev–Trinajstić information content (AvgIpc) is 2.42. The van der Waals surface area contributed by atoms with Crippen LogP contribution in [0, 0.1) is 5.92 Å². The van der Waals surface area contributed by atoms with Crippen molar-refractivity contribution < 1.29 is 25.0 Å². The number of nitrogens with zero attached hydrogens (tertiary/aromatic N) is 1. The fraction of sp³-hybridized carbons (Fsp3) is 0.308. The molecule has 1 aromatic carbocycles. The van der Waals surface area contributed by atoms with Gasteiger partial charge in [-0.2, -0.15) is 0 Å². The van der Waals surface area contributed by atoms with Crippen LogP contribution < -0.4 is 0 Å². The predicted octanol–water partition coefficient (Wildman–Crippen LogP) is 1.62. The summed E-state index contributed by atoms with van der Waals surface area (Å²) in [4.78, 5) is 21.6. The molecular formula is C13H15NO5S. The van der Waals surface area contributed by atoms with E-state index in [0.717, 1.165) is 0 Å². The van der Waals surface area contributed by atoms with Gasteiger partial charge in [0.25, 0.3) is 0 Å². The summed E-state index contributed by atoms with van der Waals surface area (Å²) in [5, 5.41) is 28.1. The lowest BCUT2D eigenvalue weighted by atomic mass is 10.0. The third-order valence-electron chi connectivity index (χ3n) is 2.70. The predicted molar refractivity (Wildman–Crippen MR) is 74.6 cm³/mol. The average molecular weight is 297 g/mol. The van der Waals surface area contributed by atoms with Gasteiger partial charge in [0, 0.05) is 12.0 Å². The summed E-state index contributed by atoms with van der Waals surface area (Å²) >= 11 is 5.05. The number of hydrogen-bond acceptors (Lipinski definition) is 4. The minimum absolute atomic E-state index is 0.0703. The maximum absolute atomic E-state index is 11.0. The SMILES string of the molecule is O=C(O)CCC(CN(O)C(=S)c1ccccc1)C(=O)O. The molecule has 0 aromatic heterocycles. The molecule has 7 heteroatoms. The van der Waals surface area contributed by atoms with E-state index in [1.165, 1.54) is 0 Å². The molecule has 0 radical (unpaired) electrons. The molecule has 3 N–H and O–H groups in total. The van der Waals surface area contributed by atoms with Crippen molar-refractivity contribution in [2.24, 2.45) is 5.92 Å². The first-order valence-corrected chi connectivity index (χ1v) is 6.33. The van der Waals surface area contributed by atoms with Crippen LogP contribution in [-0.2, 0) is 9.59 Å². The highest BCUT2D eigenvalue weighted by molar-refractivity contribution is 7.80. The van der Waals surface area contributed by atoms with Gasteiger partial charge in [0.1, 0.15) is 4.99 Å². The summed E-state index contributed by atoms with van der Waals surface area (Å²) < 4.78 is 0. The standard InChI is InChI=1S/C13H15NO5S/c15-11(16)7-6-10(13(17)18)8-14(19)12(20)9-4-2-1-3-5-9/h1-5,10,19H,6-8H2,(H,15,16)(H,17,18). The van der Waals surface area contributed by atoms with E-state index in [0.29, 0.717) is 10.6 Å². The molecule has 0 aliphatic rings. The highest BCUT2D eigenvalue weighted by Gasteiger charge is 2.23. The van der Waals surface area contributed by atoms with Gasteiger partial charge in [-0.25, -0.2) is 5.06 Å². The zero-order valence-electron chi connectivity index (χ0n) is 10.6. The van der Waals surface area contributed by atoms with Gasteiger partial charge in [-0.3, -0.25) is 14.8 Å². The fourth-order valence-corrected chi connectivity index (χ4v) is 1.82. The molecule has 1 rings (SSSR count). The van der Waals surface area contributed by atoms with Crippen LogP contribution in [0.5, 0.6) is 0 Å². The Morgan fingerprint density at radius 1 is 1.20 bits per heavy atom. The van der Waals surface area contributed by atoms with Gasteiger partial charge in [0.2, 0.25) is 0 Å². The Balaban J connectivity index is 2.66. The molecule has 0 bridgehead atoms. The van der Waals surface area contributed by atoms with E-state index in [2.05, 4.69) is 0 Å². The zero-order valence-corrected chi connectivity index (χ0v) is 11.4. The van der Waals surface area contributed by atoms with E-state index >= 15 is 0 Å². The topological polar surface area (TPSA) is 98.1 Å². The van der Waals surface area contributed by atoms with E-state index in [1.54, 1.807) is 30.3 Å². The Hall–Kier alpha value is -1.99. The third kappa shape index (κ3) is 4.94. The quantitative estimate of drug-likeness (QED) is 0.519. The second-order valence-electron chi connectivity index (χ2n) is 4.22. The summed E-state index contributed by atoms with van der Waals surface area (Å²) in [7, 11) is 0. The Bertz CT molecular complexity index is 491. The van der Waals surface area contributed by atoms with Crippen LogP contribution in [0.15, 0.2) is 30.3 Å². The lowest BCUT2D eigenvalue weighted by molar-refractivity contribution is -0.146. The molecule has 1 atom stereocenters. The maximum atomic E-state index is 11.0. The first-order valence-electron chi connectivity index (χ1n) is 5.92. The molecule has 1 unspecified atom stereocenters. The Labute approximate surface area is 121 Å². The van der Waals surface area contributed by atoms with Gasteiger partial charge < -0.3 is 10.2 Å². The van der Waals surface area contributed by atoms with E-state index in [-0.39, 0.29) is 24.4 Å². The van der Waals surface area contributed by atoms with Crippen LogP contribution in [0.3, 0.4) is 0 Å². The summed E-state index contributed by atoms with van der Waals surface area (Å²) in [6.45, 7) is -0.254. The van der Waals surface area contributed by atoms with E-state index in [4.69, 9.17) is 22.4 Å². The fourth-order valence-electron chi connectivity index (χ4n) is 1.61. The molecule has 0 saturated carbocycles. The van der Waals surface area contributed by atoms with Gasteiger partial charge in [-0.15, -0.1) is 0 Å². The number of carboxylic acid groups (broad SMARTS) is 2. The highest BCUT2D eigenvalue weighted by atomic mass is 32.1. The van der Waals surface area contributed by atoms with E-state index in [9.17, 15) is 14.8 Å². The van der Waals surface area contributed by atoms with E-state index < -0.39 is 17.9 Å². The minimum Gasteiger partial charge on any atom is -0.481 e. The van der Waals surface area contributed by atoms with Gasteiger partial charge in [-0.05, 0) is 6.42 Å². The molecule has 0 saturated heterocycles. The summed E-state index contributed by atoms with van der Waals surface area (Å²) in [5.41, 5.74) is 0.590. The molecule has 0 fully saturated rings. The van der Waals surface area contributed by atoms with Crippen molar-refractivity contribution in [2.45, 2.75) is 12.8 Å². The smallest absolute Gasteiger partial charge is 0.308 e. The number of carboxylic acids is 2. The molecule has 20 heavy (non-hydrogen) atoms. The molecule has 108 valence electrons. The number of carbonyl (C=O) groups is 2. The van der Waals surface area contributed by atoms with Gasteiger partial charge in [-0.1, -0.05) is 42.5 Å². The molecule has 0 aliphatic carbocycles. The van der Waals surface area contributed by atoms with Crippen molar-refractivity contribution in [3.8, 4) is 0 Å². The number of thiocarbonyl (C=S) groups is 1. The molecule has 0 spiro atoms. The molecule has 0 heterocycles. The first kappa shape index (κ1) is 16.1. The second-order valence-corrected chi connectivity index (χ2v) is 4.61. The van der Waals surface area contributed by atoms with Crippen LogP contribution >= 0.6 is 12.2 Å². The number of rotatable bonds is 7. The lowest BCUT2D eigenvalue weighted by Crippen LogP contribution is -2.35.